The molecule has 5 heteroatoms. The number of rotatable bonds is 4. The van der Waals surface area contributed by atoms with Crippen LogP contribution in [0.3, 0.4) is 0 Å². The summed E-state index contributed by atoms with van der Waals surface area (Å²) in [4.78, 5) is 17.5. The number of anilines is 1. The standard InChI is InChI=1S/C16H17ClN2OS/c17-14-8-4-3-7-12(14)9-13-10-18-16(21-13)19-15(20)11-5-1-2-6-11/h3-4,7-8,10-11H,1-2,5-6,9H2,(H,18,19,20). The Kier molecular flexibility index (Phi) is 4.56. The van der Waals surface area contributed by atoms with E-state index < -0.39 is 0 Å². The molecule has 21 heavy (non-hydrogen) atoms. The molecule has 1 aliphatic carbocycles. The zero-order valence-corrected chi connectivity index (χ0v) is 13.2. The molecule has 1 fully saturated rings. The second-order valence-electron chi connectivity index (χ2n) is 5.37. The van der Waals surface area contributed by atoms with Gasteiger partial charge in [0.2, 0.25) is 5.91 Å². The van der Waals surface area contributed by atoms with E-state index in [1.165, 1.54) is 11.3 Å². The zero-order chi connectivity index (χ0) is 14.7. The van der Waals surface area contributed by atoms with Gasteiger partial charge < -0.3 is 5.32 Å². The van der Waals surface area contributed by atoms with E-state index in [-0.39, 0.29) is 11.8 Å². The van der Waals surface area contributed by atoms with Crippen LogP contribution in [0.15, 0.2) is 30.5 Å². The minimum absolute atomic E-state index is 0.117. The molecule has 1 aliphatic rings. The highest BCUT2D eigenvalue weighted by Crippen LogP contribution is 2.28. The Hall–Kier alpha value is -1.39. The molecular formula is C16H17ClN2OS. The molecular weight excluding hydrogens is 304 g/mol. The van der Waals surface area contributed by atoms with E-state index in [1.54, 1.807) is 0 Å². The highest BCUT2D eigenvalue weighted by molar-refractivity contribution is 7.15. The van der Waals surface area contributed by atoms with Crippen LogP contribution >= 0.6 is 22.9 Å². The molecule has 0 bridgehead atoms. The highest BCUT2D eigenvalue weighted by Gasteiger charge is 2.23. The highest BCUT2D eigenvalue weighted by atomic mass is 35.5. The summed E-state index contributed by atoms with van der Waals surface area (Å²) in [6.07, 6.45) is 6.89. The Morgan fingerprint density at radius 1 is 1.33 bits per heavy atom. The van der Waals surface area contributed by atoms with Crippen LogP contribution < -0.4 is 5.32 Å². The van der Waals surface area contributed by atoms with Crippen LogP contribution in [-0.4, -0.2) is 10.9 Å². The van der Waals surface area contributed by atoms with Crippen molar-refractivity contribution in [1.29, 1.82) is 0 Å². The SMILES string of the molecule is O=C(Nc1ncc(Cc2ccccc2Cl)s1)C1CCCC1. The number of hydrogen-bond acceptors (Lipinski definition) is 3. The molecule has 0 atom stereocenters. The number of carbonyl (C=O) groups is 1. The van der Waals surface area contributed by atoms with Crippen molar-refractivity contribution in [3.63, 3.8) is 0 Å². The quantitative estimate of drug-likeness (QED) is 0.900. The van der Waals surface area contributed by atoms with E-state index in [2.05, 4.69) is 10.3 Å². The van der Waals surface area contributed by atoms with Crippen molar-refractivity contribution in [3.05, 3.63) is 45.9 Å². The fourth-order valence-corrected chi connectivity index (χ4v) is 3.71. The summed E-state index contributed by atoms with van der Waals surface area (Å²) in [5.41, 5.74) is 1.08. The molecule has 3 nitrogen and oxygen atoms in total. The minimum atomic E-state index is 0.117. The van der Waals surface area contributed by atoms with Crippen LogP contribution in [0.5, 0.6) is 0 Å². The van der Waals surface area contributed by atoms with Gasteiger partial charge in [0, 0.05) is 28.4 Å². The lowest BCUT2D eigenvalue weighted by molar-refractivity contribution is -0.119. The van der Waals surface area contributed by atoms with Crippen LogP contribution in [0.1, 0.15) is 36.1 Å². The summed E-state index contributed by atoms with van der Waals surface area (Å²) in [6.45, 7) is 0. The maximum absolute atomic E-state index is 12.1. The van der Waals surface area contributed by atoms with Crippen LogP contribution in [0.25, 0.3) is 0 Å². The molecule has 0 saturated heterocycles. The molecule has 0 spiro atoms. The van der Waals surface area contributed by atoms with Crippen molar-refractivity contribution < 1.29 is 4.79 Å². The molecule has 110 valence electrons. The summed E-state index contributed by atoms with van der Waals surface area (Å²) in [7, 11) is 0. The number of halogens is 1. The van der Waals surface area contributed by atoms with Crippen LogP contribution in [0, 0.1) is 5.92 Å². The van der Waals surface area contributed by atoms with E-state index in [4.69, 9.17) is 11.6 Å². The van der Waals surface area contributed by atoms with Gasteiger partial charge in [-0.1, -0.05) is 42.6 Å². The number of nitrogens with one attached hydrogen (secondary N) is 1. The van der Waals surface area contributed by atoms with Gasteiger partial charge in [-0.3, -0.25) is 4.79 Å². The summed E-state index contributed by atoms with van der Waals surface area (Å²) in [5, 5.41) is 4.40. The van der Waals surface area contributed by atoms with Gasteiger partial charge in [0.05, 0.1) is 0 Å². The second-order valence-corrected chi connectivity index (χ2v) is 6.89. The largest absolute Gasteiger partial charge is 0.302 e. The maximum atomic E-state index is 12.1. The van der Waals surface area contributed by atoms with E-state index in [0.29, 0.717) is 5.13 Å². The Morgan fingerprint density at radius 2 is 2.10 bits per heavy atom. The number of thiazole rings is 1. The average molecular weight is 321 g/mol. The monoisotopic (exact) mass is 320 g/mol. The number of benzene rings is 1. The smallest absolute Gasteiger partial charge is 0.229 e. The predicted octanol–water partition coefficient (Wildman–Crippen LogP) is 4.52. The van der Waals surface area contributed by atoms with E-state index in [1.807, 2.05) is 30.5 Å². The number of carbonyl (C=O) groups excluding carboxylic acids is 1. The topological polar surface area (TPSA) is 42.0 Å². The Labute approximate surface area is 133 Å². The number of aromatic nitrogens is 1. The first-order valence-corrected chi connectivity index (χ1v) is 8.41. The van der Waals surface area contributed by atoms with Gasteiger partial charge in [-0.25, -0.2) is 4.98 Å². The van der Waals surface area contributed by atoms with Gasteiger partial charge in [-0.05, 0) is 24.5 Å². The fraction of sp³-hybridized carbons (Fsp3) is 0.375. The van der Waals surface area contributed by atoms with E-state index >= 15 is 0 Å². The molecule has 1 aromatic carbocycles. The van der Waals surface area contributed by atoms with Crippen LogP contribution in [0.2, 0.25) is 5.02 Å². The van der Waals surface area contributed by atoms with Crippen molar-refractivity contribution >= 4 is 34.0 Å². The molecule has 0 unspecified atom stereocenters. The third kappa shape index (κ3) is 3.63. The van der Waals surface area contributed by atoms with Crippen molar-refractivity contribution in [2.45, 2.75) is 32.1 Å². The lowest BCUT2D eigenvalue weighted by atomic mass is 10.1. The lowest BCUT2D eigenvalue weighted by Crippen LogP contribution is -2.19. The van der Waals surface area contributed by atoms with Crippen molar-refractivity contribution in [2.24, 2.45) is 5.92 Å². The molecule has 1 amide bonds. The van der Waals surface area contributed by atoms with Crippen molar-refractivity contribution in [3.8, 4) is 0 Å². The van der Waals surface area contributed by atoms with Crippen LogP contribution in [-0.2, 0) is 11.2 Å². The Balaban J connectivity index is 1.63. The van der Waals surface area contributed by atoms with Gasteiger partial charge >= 0.3 is 0 Å². The first kappa shape index (κ1) is 14.5. The molecule has 1 N–H and O–H groups in total. The number of amides is 1. The lowest BCUT2D eigenvalue weighted by Gasteiger charge is -2.07. The van der Waals surface area contributed by atoms with E-state index in [0.717, 1.165) is 47.6 Å². The van der Waals surface area contributed by atoms with Gasteiger partial charge in [0.15, 0.2) is 5.13 Å². The molecule has 1 heterocycles. The number of hydrogen-bond donors (Lipinski definition) is 1. The molecule has 1 aromatic heterocycles. The first-order valence-electron chi connectivity index (χ1n) is 7.21. The molecule has 0 radical (unpaired) electrons. The molecule has 0 aliphatic heterocycles. The summed E-state index contributed by atoms with van der Waals surface area (Å²) >= 11 is 7.69. The normalized spacial score (nSPS) is 15.3. The zero-order valence-electron chi connectivity index (χ0n) is 11.6. The fourth-order valence-electron chi connectivity index (χ4n) is 2.67. The third-order valence-corrected chi connectivity index (χ3v) is 5.11. The van der Waals surface area contributed by atoms with Gasteiger partial charge in [0.1, 0.15) is 0 Å². The molecule has 1 saturated carbocycles. The summed E-state index contributed by atoms with van der Waals surface area (Å²) in [6, 6.07) is 7.80. The van der Waals surface area contributed by atoms with Gasteiger partial charge in [0.25, 0.3) is 0 Å². The van der Waals surface area contributed by atoms with E-state index in [9.17, 15) is 4.79 Å². The Morgan fingerprint density at radius 3 is 2.86 bits per heavy atom. The van der Waals surface area contributed by atoms with Gasteiger partial charge in [-0.15, -0.1) is 11.3 Å². The number of nitrogens with zero attached hydrogens (tertiary/aromatic N) is 1. The van der Waals surface area contributed by atoms with Crippen molar-refractivity contribution in [1.82, 2.24) is 4.98 Å². The predicted molar refractivity (Wildman–Crippen MR) is 87.0 cm³/mol. The van der Waals surface area contributed by atoms with Crippen molar-refractivity contribution in [2.75, 3.05) is 5.32 Å². The minimum Gasteiger partial charge on any atom is -0.302 e. The Bertz CT molecular complexity index is 635. The third-order valence-electron chi connectivity index (χ3n) is 3.83. The first-order chi connectivity index (χ1) is 10.2. The van der Waals surface area contributed by atoms with Gasteiger partial charge in [-0.2, -0.15) is 0 Å². The summed E-state index contributed by atoms with van der Waals surface area (Å²) < 4.78 is 0. The maximum Gasteiger partial charge on any atom is 0.229 e. The average Bonchev–Trinajstić information content (AvgIpc) is 3.13. The molecule has 3 rings (SSSR count). The molecule has 2 aromatic rings. The summed E-state index contributed by atoms with van der Waals surface area (Å²) in [5.74, 6) is 0.284. The second kappa shape index (κ2) is 6.58. The van der Waals surface area contributed by atoms with Crippen LogP contribution in [0.4, 0.5) is 5.13 Å².